The number of hydrogen-bond donors (Lipinski definition) is 2. The van der Waals surface area contributed by atoms with E-state index in [4.69, 9.17) is 15.3 Å². The van der Waals surface area contributed by atoms with Crippen LogP contribution in [0.25, 0.3) is 0 Å². The van der Waals surface area contributed by atoms with E-state index < -0.39 is 7.12 Å². The second kappa shape index (κ2) is 3.67. The van der Waals surface area contributed by atoms with Crippen molar-refractivity contribution in [3.05, 3.63) is 22.4 Å². The van der Waals surface area contributed by atoms with E-state index >= 15 is 0 Å². The van der Waals surface area contributed by atoms with Gasteiger partial charge in [0.1, 0.15) is 10.7 Å². The van der Waals surface area contributed by atoms with Crippen LogP contribution in [0.4, 0.5) is 0 Å². The van der Waals surface area contributed by atoms with Crippen molar-refractivity contribution in [3.63, 3.8) is 0 Å². The van der Waals surface area contributed by atoms with Crippen molar-refractivity contribution in [2.75, 3.05) is 0 Å². The molecule has 0 saturated carbocycles. The Kier molecular flexibility index (Phi) is 2.81. The van der Waals surface area contributed by atoms with E-state index in [1.54, 1.807) is 0 Å². The molecule has 0 bridgehead atoms. The van der Waals surface area contributed by atoms with E-state index in [0.717, 1.165) is 0 Å². The van der Waals surface area contributed by atoms with Crippen molar-refractivity contribution in [1.82, 2.24) is 4.98 Å². The highest BCUT2D eigenvalue weighted by Gasteiger charge is 2.13. The minimum atomic E-state index is -1.59. The molecular weight excluding hydrogens is 223 g/mol. The third-order valence-corrected chi connectivity index (χ3v) is 1.91. The molecule has 2 N–H and O–H groups in total. The Morgan fingerprint density at radius 2 is 2.25 bits per heavy atom. The summed E-state index contributed by atoms with van der Waals surface area (Å²) in [5, 5.41) is 26.0. The Morgan fingerprint density at radius 3 is 2.75 bits per heavy atom. The third kappa shape index (κ3) is 1.82. The molecule has 0 aliphatic heterocycles. The highest BCUT2D eigenvalue weighted by Crippen LogP contribution is 2.09. The molecule has 60 valence electrons. The van der Waals surface area contributed by atoms with Crippen molar-refractivity contribution < 1.29 is 10.0 Å². The van der Waals surface area contributed by atoms with Gasteiger partial charge in [-0.2, -0.15) is 5.26 Å². The first kappa shape index (κ1) is 9.19. The smallest absolute Gasteiger partial charge is 0.423 e. The summed E-state index contributed by atoms with van der Waals surface area (Å²) in [6, 6.07) is 3.22. The minimum absolute atomic E-state index is 0.203. The Morgan fingerprint density at radius 1 is 1.58 bits per heavy atom. The van der Waals surface area contributed by atoms with Gasteiger partial charge in [0.15, 0.2) is 0 Å². The van der Waals surface area contributed by atoms with Crippen LogP contribution < -0.4 is 5.46 Å². The fraction of sp³-hybridized carbons (Fsp3) is 0. The summed E-state index contributed by atoms with van der Waals surface area (Å²) in [6.45, 7) is 0. The average Bonchev–Trinajstić information content (AvgIpc) is 2.05. The summed E-state index contributed by atoms with van der Waals surface area (Å²) < 4.78 is 0.398. The fourth-order valence-corrected chi connectivity index (χ4v) is 0.989. The lowest BCUT2D eigenvalue weighted by molar-refractivity contribution is 0.425. The van der Waals surface area contributed by atoms with Crippen molar-refractivity contribution >= 4 is 28.5 Å². The van der Waals surface area contributed by atoms with Gasteiger partial charge >= 0.3 is 7.12 Å². The normalized spacial score (nSPS) is 9.17. The van der Waals surface area contributed by atoms with Gasteiger partial charge in [-0.1, -0.05) is 0 Å². The van der Waals surface area contributed by atoms with Crippen LogP contribution >= 0.6 is 15.9 Å². The zero-order chi connectivity index (χ0) is 9.14. The van der Waals surface area contributed by atoms with E-state index in [0.29, 0.717) is 4.60 Å². The quantitative estimate of drug-likeness (QED) is 0.495. The molecule has 0 radical (unpaired) electrons. The maximum absolute atomic E-state index is 8.73. The highest BCUT2D eigenvalue weighted by molar-refractivity contribution is 9.10. The van der Waals surface area contributed by atoms with Gasteiger partial charge in [0.05, 0.1) is 5.56 Å². The van der Waals surface area contributed by atoms with E-state index in [1.165, 1.54) is 12.3 Å². The maximum Gasteiger partial charge on any atom is 0.490 e. The van der Waals surface area contributed by atoms with Crippen LogP contribution in [0.3, 0.4) is 0 Å². The first-order valence-electron chi connectivity index (χ1n) is 3.07. The van der Waals surface area contributed by atoms with E-state index in [9.17, 15) is 0 Å². The first-order valence-corrected chi connectivity index (χ1v) is 3.86. The molecule has 4 nitrogen and oxygen atoms in total. The molecule has 0 saturated heterocycles. The first-order chi connectivity index (χ1) is 5.65. The number of nitriles is 1. The van der Waals surface area contributed by atoms with Crippen molar-refractivity contribution in [2.24, 2.45) is 0 Å². The summed E-state index contributed by atoms with van der Waals surface area (Å²) in [4.78, 5) is 3.75. The summed E-state index contributed by atoms with van der Waals surface area (Å²) in [5.74, 6) is 0. The van der Waals surface area contributed by atoms with Crippen LogP contribution in [0.15, 0.2) is 16.9 Å². The van der Waals surface area contributed by atoms with Crippen LogP contribution in [0.2, 0.25) is 0 Å². The molecule has 0 aliphatic rings. The molecule has 0 atom stereocenters. The largest absolute Gasteiger partial charge is 0.490 e. The lowest BCUT2D eigenvalue weighted by Crippen LogP contribution is -2.30. The molecule has 1 aromatic heterocycles. The number of pyridine rings is 1. The summed E-state index contributed by atoms with van der Waals surface area (Å²) in [7, 11) is -1.59. The Balaban J connectivity index is 3.16. The number of rotatable bonds is 1. The van der Waals surface area contributed by atoms with E-state index in [-0.39, 0.29) is 11.0 Å². The molecule has 1 aromatic rings. The molecule has 0 aliphatic carbocycles. The lowest BCUT2D eigenvalue weighted by atomic mass is 9.81. The second-order valence-corrected chi connectivity index (χ2v) is 2.84. The topological polar surface area (TPSA) is 77.1 Å². The molecule has 0 fully saturated rings. The zero-order valence-electron chi connectivity index (χ0n) is 5.90. The molecule has 6 heteroatoms. The molecule has 1 rings (SSSR count). The number of nitrogens with zero attached hydrogens (tertiary/aromatic N) is 2. The van der Waals surface area contributed by atoms with Crippen LogP contribution in [0.1, 0.15) is 5.56 Å². The summed E-state index contributed by atoms with van der Waals surface area (Å²) in [6.07, 6.45) is 1.29. The van der Waals surface area contributed by atoms with Crippen molar-refractivity contribution in [3.8, 4) is 6.07 Å². The standard InChI is InChI=1S/C6H4BBrN2O2/c8-6-4(2-9)1-5(3-10-6)7(11)12/h1,3,11-12H. The number of aromatic nitrogens is 1. The molecule has 0 spiro atoms. The number of hydrogen-bond acceptors (Lipinski definition) is 4. The van der Waals surface area contributed by atoms with Gasteiger partial charge < -0.3 is 10.0 Å². The summed E-state index contributed by atoms with van der Waals surface area (Å²) in [5.41, 5.74) is 0.482. The minimum Gasteiger partial charge on any atom is -0.423 e. The predicted octanol–water partition coefficient (Wildman–Crippen LogP) is -0.604. The van der Waals surface area contributed by atoms with Crippen LogP contribution in [0, 0.1) is 11.3 Å². The second-order valence-electron chi connectivity index (χ2n) is 2.09. The molecular formula is C6H4BBrN2O2. The predicted molar refractivity (Wildman–Crippen MR) is 46.5 cm³/mol. The third-order valence-electron chi connectivity index (χ3n) is 1.28. The van der Waals surface area contributed by atoms with Crippen LogP contribution in [-0.2, 0) is 0 Å². The van der Waals surface area contributed by atoms with Gasteiger partial charge in [0.25, 0.3) is 0 Å². The molecule has 0 amide bonds. The highest BCUT2D eigenvalue weighted by atomic mass is 79.9. The van der Waals surface area contributed by atoms with Crippen molar-refractivity contribution in [1.29, 1.82) is 5.26 Å². The summed E-state index contributed by atoms with van der Waals surface area (Å²) >= 11 is 3.04. The van der Waals surface area contributed by atoms with Gasteiger partial charge in [-0.15, -0.1) is 0 Å². The maximum atomic E-state index is 8.73. The molecule has 12 heavy (non-hydrogen) atoms. The fourth-order valence-electron chi connectivity index (χ4n) is 0.684. The van der Waals surface area contributed by atoms with Crippen molar-refractivity contribution in [2.45, 2.75) is 0 Å². The van der Waals surface area contributed by atoms with Gasteiger partial charge in [0, 0.05) is 11.7 Å². The SMILES string of the molecule is N#Cc1cc(B(O)O)cnc1Br. The Labute approximate surface area is 77.8 Å². The zero-order valence-corrected chi connectivity index (χ0v) is 7.48. The molecule has 0 aromatic carbocycles. The monoisotopic (exact) mass is 226 g/mol. The van der Waals surface area contributed by atoms with Gasteiger partial charge in [0.2, 0.25) is 0 Å². The van der Waals surface area contributed by atoms with E-state index in [2.05, 4.69) is 20.9 Å². The van der Waals surface area contributed by atoms with Crippen LogP contribution in [0.5, 0.6) is 0 Å². The number of halogens is 1. The molecule has 1 heterocycles. The Bertz CT molecular complexity index is 337. The van der Waals surface area contributed by atoms with Crippen LogP contribution in [-0.4, -0.2) is 22.2 Å². The van der Waals surface area contributed by atoms with Gasteiger partial charge in [-0.05, 0) is 22.0 Å². The average molecular weight is 227 g/mol. The van der Waals surface area contributed by atoms with E-state index in [1.807, 2.05) is 6.07 Å². The van der Waals surface area contributed by atoms with Gasteiger partial charge in [-0.25, -0.2) is 4.98 Å². The van der Waals surface area contributed by atoms with Gasteiger partial charge in [-0.3, -0.25) is 0 Å². The lowest BCUT2D eigenvalue weighted by Gasteiger charge is -1.99. The molecule has 0 unspecified atom stereocenters. The Hall–Kier alpha value is -0.895.